The number of anilines is 1. The lowest BCUT2D eigenvalue weighted by Crippen LogP contribution is -2.21. The second-order valence-corrected chi connectivity index (χ2v) is 10.5. The molecule has 7 heteroatoms. The van der Waals surface area contributed by atoms with Crippen molar-refractivity contribution in [2.45, 2.75) is 37.2 Å². The smallest absolute Gasteiger partial charge is 0.339 e. The largest absolute Gasteiger partial charge is 0.445 e. The van der Waals surface area contributed by atoms with Crippen molar-refractivity contribution in [2.75, 3.05) is 4.72 Å². The second-order valence-electron chi connectivity index (χ2n) is 8.86. The van der Waals surface area contributed by atoms with E-state index in [1.807, 2.05) is 12.1 Å². The Balaban J connectivity index is 1.54. The van der Waals surface area contributed by atoms with Crippen molar-refractivity contribution in [3.05, 3.63) is 131 Å². The van der Waals surface area contributed by atoms with Crippen molar-refractivity contribution in [2.24, 2.45) is 0 Å². The van der Waals surface area contributed by atoms with Crippen LogP contribution in [0, 0.1) is 0 Å². The Labute approximate surface area is 223 Å². The predicted octanol–water partition coefficient (Wildman–Crippen LogP) is 6.61. The van der Waals surface area contributed by atoms with Gasteiger partial charge in [0.25, 0.3) is 10.0 Å². The Morgan fingerprint density at radius 2 is 1.42 bits per heavy atom. The molecule has 0 radical (unpaired) electrons. The third kappa shape index (κ3) is 6.75. The van der Waals surface area contributed by atoms with E-state index in [9.17, 15) is 18.0 Å². The maximum absolute atomic E-state index is 13.2. The molecular formula is C31H29NO5S. The summed E-state index contributed by atoms with van der Waals surface area (Å²) in [7, 11) is -3.96. The highest BCUT2D eigenvalue weighted by Gasteiger charge is 2.27. The van der Waals surface area contributed by atoms with Crippen LogP contribution in [0.25, 0.3) is 0 Å². The van der Waals surface area contributed by atoms with Gasteiger partial charge in [0, 0.05) is 16.8 Å². The van der Waals surface area contributed by atoms with E-state index in [1.165, 1.54) is 24.3 Å². The van der Waals surface area contributed by atoms with E-state index in [-0.39, 0.29) is 16.2 Å². The maximum Gasteiger partial charge on any atom is 0.339 e. The van der Waals surface area contributed by atoms with E-state index in [2.05, 4.69) is 11.6 Å². The van der Waals surface area contributed by atoms with Crippen molar-refractivity contribution in [3.63, 3.8) is 0 Å². The van der Waals surface area contributed by atoms with Crippen LogP contribution in [0.1, 0.15) is 57.7 Å². The minimum absolute atomic E-state index is 0.0181. The molecule has 4 rings (SSSR count). The second kappa shape index (κ2) is 12.3. The molecule has 1 unspecified atom stereocenters. The molecule has 4 aromatic carbocycles. The van der Waals surface area contributed by atoms with Gasteiger partial charge in [0.2, 0.25) is 5.78 Å². The Hall–Kier alpha value is -4.23. The molecule has 0 amide bonds. The molecule has 0 aromatic heterocycles. The monoisotopic (exact) mass is 527 g/mol. The average Bonchev–Trinajstić information content (AvgIpc) is 2.96. The number of Topliss-reactive ketones (excluding diaryl/α,β-unsaturated/α-hetero) is 1. The van der Waals surface area contributed by atoms with Gasteiger partial charge in [-0.2, -0.15) is 0 Å². The number of carbonyl (C=O) groups is 2. The number of hydrogen-bond donors (Lipinski definition) is 1. The standard InChI is InChI=1S/C31H29NO5S/c1-2-3-11-23-18-20-27(21-19-23)32-38(35,36)28-17-10-16-26(22-28)31(34)37-30(25-14-8-5-9-15-25)29(33)24-12-6-4-7-13-24/h4-10,12-22,30,32H,2-3,11H2,1H3. The zero-order chi connectivity index (χ0) is 27.0. The lowest BCUT2D eigenvalue weighted by atomic mass is 10.00. The maximum atomic E-state index is 13.2. The minimum Gasteiger partial charge on any atom is -0.445 e. The van der Waals surface area contributed by atoms with Crippen LogP contribution in [0.15, 0.2) is 114 Å². The van der Waals surface area contributed by atoms with E-state index >= 15 is 0 Å². The Morgan fingerprint density at radius 1 is 0.789 bits per heavy atom. The van der Waals surface area contributed by atoms with Crippen LogP contribution in [0.5, 0.6) is 0 Å². The number of esters is 1. The van der Waals surface area contributed by atoms with Gasteiger partial charge in [-0.25, -0.2) is 13.2 Å². The number of nitrogens with one attached hydrogen (secondary N) is 1. The highest BCUT2D eigenvalue weighted by Crippen LogP contribution is 2.25. The molecule has 1 N–H and O–H groups in total. The molecule has 1 atom stereocenters. The topological polar surface area (TPSA) is 89.5 Å². The lowest BCUT2D eigenvalue weighted by molar-refractivity contribution is 0.0280. The fraction of sp³-hybridized carbons (Fsp3) is 0.161. The quantitative estimate of drug-likeness (QED) is 0.175. The highest BCUT2D eigenvalue weighted by molar-refractivity contribution is 7.92. The third-order valence-corrected chi connectivity index (χ3v) is 7.41. The normalized spacial score (nSPS) is 11.9. The van der Waals surface area contributed by atoms with Crippen LogP contribution < -0.4 is 4.72 Å². The number of aryl methyl sites for hydroxylation is 1. The summed E-state index contributed by atoms with van der Waals surface area (Å²) >= 11 is 0. The molecule has 38 heavy (non-hydrogen) atoms. The Morgan fingerprint density at radius 3 is 2.08 bits per heavy atom. The van der Waals surface area contributed by atoms with Crippen LogP contribution in [-0.2, 0) is 21.2 Å². The van der Waals surface area contributed by atoms with Crippen molar-refractivity contribution in [1.29, 1.82) is 0 Å². The van der Waals surface area contributed by atoms with E-state index in [0.717, 1.165) is 24.8 Å². The average molecular weight is 528 g/mol. The van der Waals surface area contributed by atoms with E-state index in [1.54, 1.807) is 72.8 Å². The SMILES string of the molecule is CCCCc1ccc(NS(=O)(=O)c2cccc(C(=O)OC(C(=O)c3ccccc3)c3ccccc3)c2)cc1. The number of rotatable bonds is 11. The molecule has 0 aliphatic rings. The summed E-state index contributed by atoms with van der Waals surface area (Å²) in [4.78, 5) is 26.3. The minimum atomic E-state index is -3.96. The lowest BCUT2D eigenvalue weighted by Gasteiger charge is -2.18. The first-order valence-corrected chi connectivity index (χ1v) is 13.9. The summed E-state index contributed by atoms with van der Waals surface area (Å²) in [6.07, 6.45) is 1.90. The number of carbonyl (C=O) groups excluding carboxylic acids is 2. The van der Waals surface area contributed by atoms with Gasteiger partial charge in [-0.05, 0) is 48.7 Å². The molecule has 0 spiro atoms. The summed E-state index contributed by atoms with van der Waals surface area (Å²) in [6, 6.07) is 30.1. The molecule has 194 valence electrons. The molecule has 0 saturated carbocycles. The summed E-state index contributed by atoms with van der Waals surface area (Å²) in [5, 5.41) is 0. The van der Waals surface area contributed by atoms with Gasteiger partial charge < -0.3 is 4.74 Å². The van der Waals surface area contributed by atoms with Crippen LogP contribution in [0.2, 0.25) is 0 Å². The zero-order valence-electron chi connectivity index (χ0n) is 21.0. The van der Waals surface area contributed by atoms with Gasteiger partial charge in [0.1, 0.15) is 0 Å². The molecule has 0 heterocycles. The molecule has 0 aliphatic carbocycles. The number of unbranched alkanes of at least 4 members (excludes halogenated alkanes) is 1. The fourth-order valence-corrected chi connectivity index (χ4v) is 5.06. The van der Waals surface area contributed by atoms with E-state index in [0.29, 0.717) is 16.8 Å². The molecular weight excluding hydrogens is 498 g/mol. The first kappa shape index (κ1) is 26.8. The first-order valence-electron chi connectivity index (χ1n) is 12.4. The van der Waals surface area contributed by atoms with E-state index < -0.39 is 22.1 Å². The first-order chi connectivity index (χ1) is 18.4. The van der Waals surface area contributed by atoms with Gasteiger partial charge in [-0.15, -0.1) is 0 Å². The predicted molar refractivity (Wildman–Crippen MR) is 148 cm³/mol. The molecule has 6 nitrogen and oxygen atoms in total. The van der Waals surface area contributed by atoms with Crippen LogP contribution >= 0.6 is 0 Å². The summed E-state index contributed by atoms with van der Waals surface area (Å²) < 4.78 is 34.3. The third-order valence-electron chi connectivity index (χ3n) is 6.03. The van der Waals surface area contributed by atoms with Gasteiger partial charge in [-0.3, -0.25) is 9.52 Å². The summed E-state index contributed by atoms with van der Waals surface area (Å²) in [5.41, 5.74) is 2.50. The molecule has 0 fully saturated rings. The van der Waals surface area contributed by atoms with E-state index in [4.69, 9.17) is 4.74 Å². The van der Waals surface area contributed by atoms with Gasteiger partial charge in [-0.1, -0.05) is 92.2 Å². The van der Waals surface area contributed by atoms with Crippen molar-refractivity contribution in [1.82, 2.24) is 0 Å². The summed E-state index contributed by atoms with van der Waals surface area (Å²) in [6.45, 7) is 2.12. The van der Waals surface area contributed by atoms with Gasteiger partial charge in [0.05, 0.1) is 10.5 Å². The van der Waals surface area contributed by atoms with Crippen molar-refractivity contribution < 1.29 is 22.7 Å². The zero-order valence-corrected chi connectivity index (χ0v) is 21.9. The van der Waals surface area contributed by atoms with Gasteiger partial charge >= 0.3 is 5.97 Å². The van der Waals surface area contributed by atoms with Crippen LogP contribution in [0.3, 0.4) is 0 Å². The number of sulfonamides is 1. The molecule has 0 aliphatic heterocycles. The fourth-order valence-electron chi connectivity index (χ4n) is 3.95. The van der Waals surface area contributed by atoms with Crippen molar-refractivity contribution >= 4 is 27.5 Å². The molecule has 0 bridgehead atoms. The van der Waals surface area contributed by atoms with Crippen LogP contribution in [-0.4, -0.2) is 20.2 Å². The van der Waals surface area contributed by atoms with Crippen molar-refractivity contribution in [3.8, 4) is 0 Å². The Bertz CT molecular complexity index is 1480. The molecule has 4 aromatic rings. The number of ketones is 1. The summed E-state index contributed by atoms with van der Waals surface area (Å²) in [5.74, 6) is -1.18. The van der Waals surface area contributed by atoms with Crippen LogP contribution in [0.4, 0.5) is 5.69 Å². The number of benzene rings is 4. The van der Waals surface area contributed by atoms with Gasteiger partial charge in [0.15, 0.2) is 6.10 Å². The number of hydrogen-bond acceptors (Lipinski definition) is 5. The highest BCUT2D eigenvalue weighted by atomic mass is 32.2. The molecule has 0 saturated heterocycles. The number of ether oxygens (including phenoxy) is 1. The Kier molecular flexibility index (Phi) is 8.71.